The number of nitrogens with zero attached hydrogens (tertiary/aromatic N) is 4. The zero-order chi connectivity index (χ0) is 34.6. The highest BCUT2D eigenvalue weighted by molar-refractivity contribution is 7.80. The Bertz CT molecular complexity index is 1670. The van der Waals surface area contributed by atoms with Crippen molar-refractivity contribution >= 4 is 28.7 Å². The Morgan fingerprint density at radius 2 is 1.26 bits per heavy atom. The summed E-state index contributed by atoms with van der Waals surface area (Å²) in [6.07, 6.45) is -4.28. The zero-order valence-corrected chi connectivity index (χ0v) is 28.4. The molecule has 0 amide bonds. The summed E-state index contributed by atoms with van der Waals surface area (Å²) in [7, 11) is 2.86. The number of para-hydroxylation sites is 2. The van der Waals surface area contributed by atoms with E-state index in [2.05, 4.69) is 5.32 Å². The fourth-order valence-corrected chi connectivity index (χ4v) is 6.05. The van der Waals surface area contributed by atoms with Crippen molar-refractivity contribution in [2.45, 2.75) is 59.5 Å². The molecule has 6 N–H and O–H groups in total. The zero-order valence-electron chi connectivity index (χ0n) is 27.5. The molecule has 3 aromatic carbocycles. The average molecular weight is 666 g/mol. The topological polar surface area (TPSA) is 156 Å². The van der Waals surface area contributed by atoms with E-state index in [-0.39, 0.29) is 22.4 Å². The highest BCUT2D eigenvalue weighted by atomic mass is 32.1. The van der Waals surface area contributed by atoms with E-state index in [0.29, 0.717) is 51.8 Å². The molecule has 0 aliphatic heterocycles. The molecule has 4 unspecified atom stereocenters. The second kappa shape index (κ2) is 15.0. The van der Waals surface area contributed by atoms with Crippen LogP contribution in [-0.2, 0) is 0 Å². The van der Waals surface area contributed by atoms with Crippen LogP contribution in [0.1, 0.15) is 34.6 Å². The fraction of sp³-hybridized carbons (Fsp3) is 0.353. The van der Waals surface area contributed by atoms with Crippen molar-refractivity contribution in [3.05, 3.63) is 60.7 Å². The van der Waals surface area contributed by atoms with Gasteiger partial charge < -0.3 is 50.1 Å². The summed E-state index contributed by atoms with van der Waals surface area (Å²) in [5.41, 5.74) is 3.50. The molecule has 1 heterocycles. The maximum Gasteiger partial charge on any atom is 0.200 e. The number of phenolic OH excluding ortho intramolecular Hbond substituents is 1. The van der Waals surface area contributed by atoms with Crippen molar-refractivity contribution in [3.63, 3.8) is 0 Å². The van der Waals surface area contributed by atoms with Crippen LogP contribution in [0.15, 0.2) is 60.7 Å². The molecule has 4 rings (SSSR count). The Labute approximate surface area is 280 Å². The van der Waals surface area contributed by atoms with Gasteiger partial charge in [0.2, 0.25) is 5.75 Å². The summed E-state index contributed by atoms with van der Waals surface area (Å²) >= 11 is 5.98. The quantitative estimate of drug-likeness (QED) is 0.0943. The van der Waals surface area contributed by atoms with Gasteiger partial charge in [0.05, 0.1) is 37.0 Å². The van der Waals surface area contributed by atoms with Gasteiger partial charge in [-0.05, 0) is 71.1 Å². The molecule has 4 atom stereocenters. The Kier molecular flexibility index (Phi) is 11.3. The predicted molar refractivity (Wildman–Crippen MR) is 187 cm³/mol. The molecule has 4 aromatic rings. The average Bonchev–Trinajstić information content (AvgIpc) is 3.41. The summed E-state index contributed by atoms with van der Waals surface area (Å²) in [4.78, 5) is 8.09. The highest BCUT2D eigenvalue weighted by Gasteiger charge is 2.31. The Morgan fingerprint density at radius 3 is 1.70 bits per heavy atom. The van der Waals surface area contributed by atoms with Crippen molar-refractivity contribution in [1.29, 1.82) is 0 Å². The van der Waals surface area contributed by atoms with Gasteiger partial charge in [0.1, 0.15) is 30.7 Å². The number of nitrogens with one attached hydrogen (secondary N) is 1. The summed E-state index contributed by atoms with van der Waals surface area (Å²) in [6.45, 7) is 8.63. The number of anilines is 2. The number of aliphatic hydroxyl groups excluding tert-OH is 4. The number of rotatable bonds is 12. The van der Waals surface area contributed by atoms with Crippen LogP contribution in [0.4, 0.5) is 11.4 Å². The van der Waals surface area contributed by atoms with Gasteiger partial charge in [0.15, 0.2) is 16.6 Å². The molecule has 0 saturated heterocycles. The van der Waals surface area contributed by atoms with E-state index in [9.17, 15) is 25.5 Å². The molecule has 0 radical (unpaired) electrons. The molecule has 0 fully saturated rings. The van der Waals surface area contributed by atoms with Gasteiger partial charge in [0.25, 0.3) is 0 Å². The number of phenols is 1. The van der Waals surface area contributed by atoms with Gasteiger partial charge in [-0.3, -0.25) is 4.57 Å². The summed E-state index contributed by atoms with van der Waals surface area (Å²) in [5.74, 6) is 0.464. The van der Waals surface area contributed by atoms with E-state index >= 15 is 0 Å². The lowest BCUT2D eigenvalue weighted by Gasteiger charge is -2.33. The van der Waals surface area contributed by atoms with Crippen LogP contribution in [-0.4, -0.2) is 85.9 Å². The number of aromatic hydroxyl groups is 1. The van der Waals surface area contributed by atoms with Crippen molar-refractivity contribution in [2.24, 2.45) is 0 Å². The lowest BCUT2D eigenvalue weighted by atomic mass is 10.00. The Hall–Kier alpha value is -4.40. The number of aromatic nitrogens is 2. The molecule has 1 aromatic heterocycles. The Balaban J connectivity index is 2.25. The molecule has 252 valence electrons. The fourth-order valence-electron chi connectivity index (χ4n) is 5.73. The van der Waals surface area contributed by atoms with Crippen molar-refractivity contribution in [1.82, 2.24) is 14.9 Å². The summed E-state index contributed by atoms with van der Waals surface area (Å²) in [5, 5.41) is 57.4. The molecule has 12 nitrogen and oxygen atoms in total. The van der Waals surface area contributed by atoms with Crippen LogP contribution in [0.2, 0.25) is 0 Å². The van der Waals surface area contributed by atoms with Gasteiger partial charge >= 0.3 is 0 Å². The normalized spacial score (nSPS) is 13.8. The van der Waals surface area contributed by atoms with Crippen LogP contribution >= 0.6 is 12.2 Å². The van der Waals surface area contributed by atoms with Crippen molar-refractivity contribution in [3.8, 4) is 51.2 Å². The monoisotopic (exact) mass is 665 g/mol. The van der Waals surface area contributed by atoms with Crippen LogP contribution in [0.5, 0.6) is 17.2 Å². The first kappa shape index (κ1) is 35.5. The van der Waals surface area contributed by atoms with E-state index in [1.54, 1.807) is 68.7 Å². The molecule has 0 bridgehead atoms. The highest BCUT2D eigenvalue weighted by Crippen LogP contribution is 2.46. The third-order valence-corrected chi connectivity index (χ3v) is 7.96. The van der Waals surface area contributed by atoms with Gasteiger partial charge in [-0.1, -0.05) is 36.4 Å². The lowest BCUT2D eigenvalue weighted by Crippen LogP contribution is -2.40. The van der Waals surface area contributed by atoms with Gasteiger partial charge in [-0.2, -0.15) is 0 Å². The van der Waals surface area contributed by atoms with Crippen molar-refractivity contribution in [2.75, 3.05) is 30.6 Å². The van der Waals surface area contributed by atoms with Crippen molar-refractivity contribution < 1.29 is 35.0 Å². The minimum absolute atomic E-state index is 0.149. The minimum Gasteiger partial charge on any atom is -0.502 e. The molecule has 0 saturated carbocycles. The number of thiocarbonyl (C=S) groups is 1. The number of hydrogen-bond donors (Lipinski definition) is 6. The first-order valence-electron chi connectivity index (χ1n) is 15.2. The molecule has 0 spiro atoms. The van der Waals surface area contributed by atoms with Crippen LogP contribution in [0.25, 0.3) is 33.9 Å². The Morgan fingerprint density at radius 1 is 0.809 bits per heavy atom. The number of imidazole rings is 1. The second-order valence-electron chi connectivity index (χ2n) is 10.9. The molecule has 0 aliphatic carbocycles. The maximum atomic E-state index is 10.8. The summed E-state index contributed by atoms with van der Waals surface area (Å²) in [6, 6.07) is 17.7. The number of ether oxygens (including phenoxy) is 2. The van der Waals surface area contributed by atoms with Crippen LogP contribution < -0.4 is 24.6 Å². The van der Waals surface area contributed by atoms with E-state index in [4.69, 9.17) is 26.7 Å². The maximum absolute atomic E-state index is 10.8. The number of methoxy groups -OCH3 is 2. The van der Waals surface area contributed by atoms with Gasteiger partial charge in [-0.15, -0.1) is 0 Å². The van der Waals surface area contributed by atoms with Gasteiger partial charge in [0, 0.05) is 23.2 Å². The second-order valence-corrected chi connectivity index (χ2v) is 11.3. The molecule has 47 heavy (non-hydrogen) atoms. The molecular weight excluding hydrogens is 622 g/mol. The third-order valence-electron chi connectivity index (χ3n) is 7.63. The van der Waals surface area contributed by atoms with E-state index in [1.165, 1.54) is 24.0 Å². The number of benzene rings is 3. The molecule has 0 aliphatic rings. The predicted octanol–water partition coefficient (Wildman–Crippen LogP) is 4.32. The first-order chi connectivity index (χ1) is 22.4. The third kappa shape index (κ3) is 6.99. The standard InChI is InChI=1S/C34H43N5O7S/c1-8-35-34(47)39-31(25-14-10-12-16-27(25)38(21(4)42)22(5)43)30(24-13-9-11-15-26(24)37(19(2)40)20(3)41)36-33(39)23-17-28(45-6)32(44)29(18-23)46-7/h9-22,40-44H,8H2,1-7H3,(H,35,47). The smallest absolute Gasteiger partial charge is 0.200 e. The van der Waals surface area contributed by atoms with E-state index in [0.717, 1.165) is 0 Å². The lowest BCUT2D eigenvalue weighted by molar-refractivity contribution is 0.104. The van der Waals surface area contributed by atoms with E-state index in [1.807, 2.05) is 31.2 Å². The first-order valence-corrected chi connectivity index (χ1v) is 15.6. The molecule has 13 heteroatoms. The minimum atomic E-state index is -1.07. The number of hydrogen-bond acceptors (Lipinski definition) is 11. The van der Waals surface area contributed by atoms with Crippen LogP contribution in [0, 0.1) is 0 Å². The largest absolute Gasteiger partial charge is 0.502 e. The van der Waals surface area contributed by atoms with Gasteiger partial charge in [-0.25, -0.2) is 4.98 Å². The van der Waals surface area contributed by atoms with E-state index < -0.39 is 24.9 Å². The molecular formula is C34H43N5O7S. The van der Waals surface area contributed by atoms with Crippen LogP contribution in [0.3, 0.4) is 0 Å². The summed E-state index contributed by atoms with van der Waals surface area (Å²) < 4.78 is 12.7. The SMILES string of the molecule is CCNC(=S)n1c(-c2cc(OC)c(O)c(OC)c2)nc(-c2ccccc2N(C(C)O)C(C)O)c1-c1ccccc1N(C(C)O)C(C)O. The number of aliphatic hydroxyl groups is 4.